The van der Waals surface area contributed by atoms with Gasteiger partial charge in [0.1, 0.15) is 0 Å². The lowest BCUT2D eigenvalue weighted by atomic mass is 9.91. The molecule has 0 saturated carbocycles. The van der Waals surface area contributed by atoms with Gasteiger partial charge in [0.25, 0.3) is 0 Å². The van der Waals surface area contributed by atoms with Crippen LogP contribution in [-0.4, -0.2) is 17.2 Å². The van der Waals surface area contributed by atoms with Gasteiger partial charge in [-0.2, -0.15) is 0 Å². The second-order valence-corrected chi connectivity index (χ2v) is 7.99. The van der Waals surface area contributed by atoms with Gasteiger partial charge in [0.2, 0.25) is 0 Å². The maximum atomic E-state index is 6.27. The second kappa shape index (κ2) is 7.32. The molecular weight excluding hydrogens is 389 g/mol. The van der Waals surface area contributed by atoms with Crippen LogP contribution in [0.4, 0.5) is 5.69 Å². The number of benzene rings is 2. The summed E-state index contributed by atoms with van der Waals surface area (Å²) in [5, 5.41) is 6.75. The molecule has 1 heterocycles. The van der Waals surface area contributed by atoms with E-state index in [0.717, 1.165) is 36.5 Å². The molecule has 3 N–H and O–H groups in total. The van der Waals surface area contributed by atoms with E-state index in [9.17, 15) is 0 Å². The zero-order valence-corrected chi connectivity index (χ0v) is 16.5. The molecule has 0 aliphatic heterocycles. The first-order valence-electron chi connectivity index (χ1n) is 8.78. The maximum Gasteiger partial charge on any atom is 0.0612 e. The zero-order valence-electron chi connectivity index (χ0n) is 14.2. The molecule has 1 atom stereocenters. The number of halogens is 3. The van der Waals surface area contributed by atoms with E-state index in [1.165, 1.54) is 22.2 Å². The van der Waals surface area contributed by atoms with Gasteiger partial charge in [-0.1, -0.05) is 34.8 Å². The molecule has 1 aliphatic rings. The topological polar surface area (TPSA) is 43.0 Å². The quantitative estimate of drug-likeness (QED) is 0.596. The number of nitrogens with one attached hydrogen (secondary N) is 1. The molecule has 0 saturated heterocycles. The van der Waals surface area contributed by atoms with Gasteiger partial charge in [-0.05, 0) is 61.2 Å². The van der Waals surface area contributed by atoms with Crippen LogP contribution in [-0.2, 0) is 19.4 Å². The monoisotopic (exact) mass is 407 g/mol. The van der Waals surface area contributed by atoms with Crippen molar-refractivity contribution in [3.63, 3.8) is 0 Å². The summed E-state index contributed by atoms with van der Waals surface area (Å²) in [5.41, 5.74) is 10.8. The first kappa shape index (κ1) is 18.0. The van der Waals surface area contributed by atoms with Crippen molar-refractivity contribution in [2.75, 3.05) is 11.9 Å². The Bertz CT molecular complexity index is 965. The summed E-state index contributed by atoms with van der Waals surface area (Å²) in [7, 11) is 0. The lowest BCUT2D eigenvalue weighted by molar-refractivity contribution is 0.574. The van der Waals surface area contributed by atoms with Gasteiger partial charge in [-0.3, -0.25) is 0 Å². The van der Waals surface area contributed by atoms with Gasteiger partial charge in [0.05, 0.1) is 10.0 Å². The van der Waals surface area contributed by atoms with Crippen LogP contribution >= 0.6 is 34.8 Å². The summed E-state index contributed by atoms with van der Waals surface area (Å²) >= 11 is 18.4. The zero-order chi connectivity index (χ0) is 18.3. The van der Waals surface area contributed by atoms with Gasteiger partial charge in [0, 0.05) is 46.4 Å². The van der Waals surface area contributed by atoms with Crippen LogP contribution in [0.3, 0.4) is 0 Å². The van der Waals surface area contributed by atoms with E-state index in [2.05, 4.69) is 22.0 Å². The summed E-state index contributed by atoms with van der Waals surface area (Å²) in [6.45, 7) is 1.46. The van der Waals surface area contributed by atoms with E-state index in [4.69, 9.17) is 40.5 Å². The Labute approximate surface area is 168 Å². The Kier molecular flexibility index (Phi) is 5.07. The van der Waals surface area contributed by atoms with Crippen molar-refractivity contribution in [1.29, 1.82) is 0 Å². The van der Waals surface area contributed by atoms with Crippen molar-refractivity contribution in [2.45, 2.75) is 31.8 Å². The standard InChI is InChI=1S/C20H20Cl3N3/c21-12-1-5-19-15(9-12)16-10-13(3-6-20(16)26(19)8-7-24)25-14-2-4-17(22)18(23)11-14/h1-2,4-5,9,11,13,25H,3,6-8,10,24H2. The van der Waals surface area contributed by atoms with Crippen LogP contribution in [0.1, 0.15) is 17.7 Å². The van der Waals surface area contributed by atoms with E-state index in [1.807, 2.05) is 24.3 Å². The molecule has 0 amide bonds. The third kappa shape index (κ3) is 3.29. The van der Waals surface area contributed by atoms with E-state index in [0.29, 0.717) is 22.6 Å². The highest BCUT2D eigenvalue weighted by Crippen LogP contribution is 2.35. The lowest BCUT2D eigenvalue weighted by Crippen LogP contribution is -2.28. The number of anilines is 1. The van der Waals surface area contributed by atoms with E-state index in [-0.39, 0.29) is 0 Å². The Balaban J connectivity index is 1.67. The van der Waals surface area contributed by atoms with Gasteiger partial charge < -0.3 is 15.6 Å². The molecule has 0 spiro atoms. The van der Waals surface area contributed by atoms with Gasteiger partial charge in [-0.15, -0.1) is 0 Å². The van der Waals surface area contributed by atoms with Crippen molar-refractivity contribution in [1.82, 2.24) is 4.57 Å². The molecule has 4 rings (SSSR count). The second-order valence-electron chi connectivity index (χ2n) is 6.74. The largest absolute Gasteiger partial charge is 0.382 e. The Morgan fingerprint density at radius 1 is 1.08 bits per heavy atom. The number of aromatic nitrogens is 1. The fourth-order valence-electron chi connectivity index (χ4n) is 3.95. The highest BCUT2D eigenvalue weighted by molar-refractivity contribution is 6.42. The number of fused-ring (bicyclic) bond motifs is 3. The molecule has 0 radical (unpaired) electrons. The van der Waals surface area contributed by atoms with Crippen molar-refractivity contribution >= 4 is 51.4 Å². The molecule has 3 aromatic rings. The SMILES string of the molecule is NCCn1c2c(c3cc(Cl)ccc31)CC(Nc1ccc(Cl)c(Cl)c1)CC2. The third-order valence-corrected chi connectivity index (χ3v) is 6.05. The van der Waals surface area contributed by atoms with Gasteiger partial charge >= 0.3 is 0 Å². The summed E-state index contributed by atoms with van der Waals surface area (Å²) in [5.74, 6) is 0. The Morgan fingerprint density at radius 2 is 1.92 bits per heavy atom. The third-order valence-electron chi connectivity index (χ3n) is 5.07. The molecule has 26 heavy (non-hydrogen) atoms. The van der Waals surface area contributed by atoms with E-state index >= 15 is 0 Å². The summed E-state index contributed by atoms with van der Waals surface area (Å²) in [4.78, 5) is 0. The number of nitrogens with two attached hydrogens (primary N) is 1. The Hall–Kier alpha value is -1.39. The van der Waals surface area contributed by atoms with E-state index in [1.54, 1.807) is 0 Å². The fraction of sp³-hybridized carbons (Fsp3) is 0.300. The summed E-state index contributed by atoms with van der Waals surface area (Å²) in [6, 6.07) is 12.2. The van der Waals surface area contributed by atoms with Crippen LogP contribution in [0.5, 0.6) is 0 Å². The van der Waals surface area contributed by atoms with Crippen LogP contribution in [0.2, 0.25) is 15.1 Å². The summed E-state index contributed by atoms with van der Waals surface area (Å²) < 4.78 is 2.36. The highest BCUT2D eigenvalue weighted by Gasteiger charge is 2.25. The first-order chi connectivity index (χ1) is 12.6. The van der Waals surface area contributed by atoms with Crippen molar-refractivity contribution < 1.29 is 0 Å². The minimum Gasteiger partial charge on any atom is -0.382 e. The molecule has 136 valence electrons. The number of hydrogen-bond donors (Lipinski definition) is 2. The predicted octanol–water partition coefficient (Wildman–Crippen LogP) is 5.53. The van der Waals surface area contributed by atoms with Crippen LogP contribution in [0.25, 0.3) is 10.9 Å². The molecular formula is C20H20Cl3N3. The van der Waals surface area contributed by atoms with Crippen LogP contribution in [0.15, 0.2) is 36.4 Å². The van der Waals surface area contributed by atoms with E-state index < -0.39 is 0 Å². The highest BCUT2D eigenvalue weighted by atomic mass is 35.5. The first-order valence-corrected chi connectivity index (χ1v) is 9.91. The number of hydrogen-bond acceptors (Lipinski definition) is 2. The average molecular weight is 409 g/mol. The molecule has 0 bridgehead atoms. The lowest BCUT2D eigenvalue weighted by Gasteiger charge is -2.26. The molecule has 3 nitrogen and oxygen atoms in total. The molecule has 1 aromatic heterocycles. The van der Waals surface area contributed by atoms with Crippen molar-refractivity contribution in [3.8, 4) is 0 Å². The van der Waals surface area contributed by atoms with Crippen LogP contribution < -0.4 is 11.1 Å². The minimum absolute atomic E-state index is 0.343. The van der Waals surface area contributed by atoms with Crippen molar-refractivity contribution in [2.24, 2.45) is 5.73 Å². The molecule has 1 unspecified atom stereocenters. The predicted molar refractivity (Wildman–Crippen MR) is 112 cm³/mol. The molecule has 2 aromatic carbocycles. The minimum atomic E-state index is 0.343. The molecule has 0 fully saturated rings. The number of nitrogens with zero attached hydrogens (tertiary/aromatic N) is 1. The Morgan fingerprint density at radius 3 is 2.69 bits per heavy atom. The maximum absolute atomic E-state index is 6.27. The summed E-state index contributed by atoms with van der Waals surface area (Å²) in [6.07, 6.45) is 3.02. The van der Waals surface area contributed by atoms with Gasteiger partial charge in [-0.25, -0.2) is 0 Å². The normalized spacial score (nSPS) is 16.7. The smallest absolute Gasteiger partial charge is 0.0612 e. The molecule has 1 aliphatic carbocycles. The molecule has 6 heteroatoms. The van der Waals surface area contributed by atoms with Gasteiger partial charge in [0.15, 0.2) is 0 Å². The van der Waals surface area contributed by atoms with Crippen LogP contribution in [0, 0.1) is 0 Å². The average Bonchev–Trinajstić information content (AvgIpc) is 2.91. The number of rotatable bonds is 4. The fourth-order valence-corrected chi connectivity index (χ4v) is 4.42. The van der Waals surface area contributed by atoms with Crippen molar-refractivity contribution in [3.05, 3.63) is 62.7 Å².